The van der Waals surface area contributed by atoms with E-state index < -0.39 is 5.97 Å². The molecule has 92 valence electrons. The zero-order valence-electron chi connectivity index (χ0n) is 9.31. The minimum Gasteiger partial charge on any atom is -0.478 e. The Labute approximate surface area is 116 Å². The van der Waals surface area contributed by atoms with Gasteiger partial charge < -0.3 is 10.4 Å². The van der Waals surface area contributed by atoms with Crippen molar-refractivity contribution in [3.05, 3.63) is 39.5 Å². The molecule has 6 nitrogen and oxygen atoms in total. The lowest BCUT2D eigenvalue weighted by atomic mass is 10.2. The Kier molecular flexibility index (Phi) is 4.65. The van der Waals surface area contributed by atoms with Crippen LogP contribution in [0.2, 0.25) is 0 Å². The van der Waals surface area contributed by atoms with Gasteiger partial charge in [-0.3, -0.25) is 0 Å². The van der Waals surface area contributed by atoms with Gasteiger partial charge >= 0.3 is 5.97 Å². The van der Waals surface area contributed by atoms with Gasteiger partial charge in [0.15, 0.2) is 5.57 Å². The van der Waals surface area contributed by atoms with Gasteiger partial charge in [0.25, 0.3) is 0 Å². The number of allylic oxidation sites excluding steroid dienone is 2. The summed E-state index contributed by atoms with van der Waals surface area (Å²) in [4.78, 5) is 10.8. The lowest BCUT2D eigenvalue weighted by Gasteiger charge is -2.07. The minimum absolute atomic E-state index is 0.0701. The summed E-state index contributed by atoms with van der Waals surface area (Å²) in [6.07, 6.45) is 0. The topological polar surface area (TPSA) is 121 Å². The van der Waals surface area contributed by atoms with Crippen molar-refractivity contribution < 1.29 is 9.90 Å². The molecule has 0 saturated carbocycles. The molecular weight excluding hydrogens is 312 g/mol. The number of anilines is 1. The fraction of sp³-hybridized carbons (Fsp3) is 0. The molecule has 0 aliphatic carbocycles. The number of hydrogen-bond donors (Lipinski definition) is 2. The second-order valence-electron chi connectivity index (χ2n) is 3.21. The van der Waals surface area contributed by atoms with E-state index in [-0.39, 0.29) is 16.8 Å². The predicted molar refractivity (Wildman–Crippen MR) is 68.6 cm³/mol. The molecule has 0 spiro atoms. The first-order valence-electron chi connectivity index (χ1n) is 4.78. The average Bonchev–Trinajstić information content (AvgIpc) is 2.40. The van der Waals surface area contributed by atoms with Gasteiger partial charge in [0.05, 0.1) is 11.3 Å². The summed E-state index contributed by atoms with van der Waals surface area (Å²) in [5.41, 5.74) is -0.101. The zero-order chi connectivity index (χ0) is 14.4. The van der Waals surface area contributed by atoms with Crippen LogP contribution < -0.4 is 5.32 Å². The second kappa shape index (κ2) is 6.20. The van der Waals surface area contributed by atoms with Gasteiger partial charge in [0.2, 0.25) is 0 Å². The zero-order valence-corrected chi connectivity index (χ0v) is 10.9. The van der Waals surface area contributed by atoms with Crippen LogP contribution in [0.25, 0.3) is 0 Å². The average molecular weight is 317 g/mol. The number of carboxylic acids is 1. The van der Waals surface area contributed by atoms with Gasteiger partial charge in [-0.25, -0.2) is 4.79 Å². The molecule has 0 fully saturated rings. The van der Waals surface area contributed by atoms with Crippen molar-refractivity contribution in [3.8, 4) is 18.2 Å². The van der Waals surface area contributed by atoms with Crippen molar-refractivity contribution in [2.45, 2.75) is 0 Å². The third-order valence-corrected chi connectivity index (χ3v) is 2.72. The van der Waals surface area contributed by atoms with Crippen molar-refractivity contribution >= 4 is 27.6 Å². The van der Waals surface area contributed by atoms with Gasteiger partial charge in [-0.2, -0.15) is 15.8 Å². The van der Waals surface area contributed by atoms with Gasteiger partial charge in [0.1, 0.15) is 23.9 Å². The summed E-state index contributed by atoms with van der Waals surface area (Å²) in [6, 6.07) is 9.01. The molecule has 19 heavy (non-hydrogen) atoms. The van der Waals surface area contributed by atoms with Crippen LogP contribution in [0.3, 0.4) is 0 Å². The fourth-order valence-electron chi connectivity index (χ4n) is 1.17. The Bertz CT molecular complexity index is 673. The molecule has 1 aromatic rings. The van der Waals surface area contributed by atoms with E-state index in [0.29, 0.717) is 10.2 Å². The maximum atomic E-state index is 10.8. The second-order valence-corrected chi connectivity index (χ2v) is 4.06. The summed E-state index contributed by atoms with van der Waals surface area (Å²) < 4.78 is 0.398. The molecule has 2 N–H and O–H groups in total. The predicted octanol–water partition coefficient (Wildman–Crippen LogP) is 2.38. The quantitative estimate of drug-likeness (QED) is 0.826. The molecule has 0 amide bonds. The Balaban J connectivity index is 3.19. The highest BCUT2D eigenvalue weighted by Crippen LogP contribution is 2.25. The SMILES string of the molecule is N#CC(C#N)=C(C#N)Nc1ccc(C(=O)O)cc1Br. The van der Waals surface area contributed by atoms with E-state index in [1.54, 1.807) is 18.2 Å². The minimum atomic E-state index is -1.09. The Hall–Kier alpha value is -2.82. The molecule has 0 atom stereocenters. The maximum Gasteiger partial charge on any atom is 0.335 e. The number of hydrogen-bond acceptors (Lipinski definition) is 5. The van der Waals surface area contributed by atoms with Gasteiger partial charge in [-0.05, 0) is 34.1 Å². The van der Waals surface area contributed by atoms with E-state index >= 15 is 0 Å². The van der Waals surface area contributed by atoms with Crippen molar-refractivity contribution in [2.75, 3.05) is 5.32 Å². The molecule has 0 aliphatic heterocycles. The lowest BCUT2D eigenvalue weighted by Crippen LogP contribution is -2.03. The highest BCUT2D eigenvalue weighted by Gasteiger charge is 2.10. The highest BCUT2D eigenvalue weighted by molar-refractivity contribution is 9.10. The maximum absolute atomic E-state index is 10.8. The van der Waals surface area contributed by atoms with Crippen LogP contribution in [0.5, 0.6) is 0 Å². The van der Waals surface area contributed by atoms with Gasteiger partial charge in [0, 0.05) is 4.47 Å². The standard InChI is InChI=1S/C12H5BrN4O2/c13-9-3-7(12(18)19)1-2-10(9)17-11(6-16)8(4-14)5-15/h1-3,17H,(H,18,19). The van der Waals surface area contributed by atoms with E-state index in [2.05, 4.69) is 21.2 Å². The van der Waals surface area contributed by atoms with Crippen molar-refractivity contribution in [3.63, 3.8) is 0 Å². The van der Waals surface area contributed by atoms with Gasteiger partial charge in [-0.1, -0.05) is 0 Å². The Morgan fingerprint density at radius 2 is 1.84 bits per heavy atom. The smallest absolute Gasteiger partial charge is 0.335 e. The van der Waals surface area contributed by atoms with Crippen LogP contribution in [-0.2, 0) is 0 Å². The van der Waals surface area contributed by atoms with Gasteiger partial charge in [-0.15, -0.1) is 0 Å². The molecule has 0 bridgehead atoms. The molecular formula is C12H5BrN4O2. The molecule has 7 heteroatoms. The van der Waals surface area contributed by atoms with Crippen LogP contribution >= 0.6 is 15.9 Å². The summed E-state index contributed by atoms with van der Waals surface area (Å²) in [5, 5.41) is 37.6. The number of benzene rings is 1. The number of nitrogens with zero attached hydrogens (tertiary/aromatic N) is 3. The summed E-state index contributed by atoms with van der Waals surface area (Å²) in [7, 11) is 0. The van der Waals surface area contributed by atoms with Crippen LogP contribution in [0, 0.1) is 34.0 Å². The van der Waals surface area contributed by atoms with E-state index in [0.717, 1.165) is 0 Å². The van der Waals surface area contributed by atoms with Crippen molar-refractivity contribution in [1.82, 2.24) is 0 Å². The number of rotatable bonds is 3. The van der Waals surface area contributed by atoms with E-state index in [4.69, 9.17) is 20.9 Å². The normalized spacial score (nSPS) is 8.53. The fourth-order valence-corrected chi connectivity index (χ4v) is 1.65. The third-order valence-electron chi connectivity index (χ3n) is 2.06. The lowest BCUT2D eigenvalue weighted by molar-refractivity contribution is 0.0697. The first-order valence-corrected chi connectivity index (χ1v) is 5.57. The van der Waals surface area contributed by atoms with Crippen molar-refractivity contribution in [2.24, 2.45) is 0 Å². The highest BCUT2D eigenvalue weighted by atomic mass is 79.9. The number of carbonyl (C=O) groups is 1. The van der Waals surface area contributed by atoms with Crippen molar-refractivity contribution in [1.29, 1.82) is 15.8 Å². The number of nitrogens with one attached hydrogen (secondary N) is 1. The van der Waals surface area contributed by atoms with E-state index in [1.165, 1.54) is 18.2 Å². The monoisotopic (exact) mass is 316 g/mol. The number of aromatic carboxylic acids is 1. The van der Waals surface area contributed by atoms with Crippen LogP contribution in [0.15, 0.2) is 33.9 Å². The molecule has 0 heterocycles. The summed E-state index contributed by atoms with van der Waals surface area (Å²) in [5.74, 6) is -1.09. The first kappa shape index (κ1) is 14.2. The summed E-state index contributed by atoms with van der Waals surface area (Å²) >= 11 is 3.14. The molecule has 0 aromatic heterocycles. The Morgan fingerprint density at radius 1 is 1.21 bits per heavy atom. The van der Waals surface area contributed by atoms with E-state index in [1.807, 2.05) is 0 Å². The molecule has 0 saturated heterocycles. The first-order chi connectivity index (χ1) is 9.03. The molecule has 0 unspecified atom stereocenters. The largest absolute Gasteiger partial charge is 0.478 e. The number of carboxylic acid groups (broad SMARTS) is 1. The molecule has 0 aliphatic rings. The van der Waals surface area contributed by atoms with Crippen LogP contribution in [0.1, 0.15) is 10.4 Å². The molecule has 0 radical (unpaired) electrons. The van der Waals surface area contributed by atoms with E-state index in [9.17, 15) is 4.79 Å². The molecule has 1 rings (SSSR count). The van der Waals surface area contributed by atoms with Crippen LogP contribution in [-0.4, -0.2) is 11.1 Å². The summed E-state index contributed by atoms with van der Waals surface area (Å²) in [6.45, 7) is 0. The molecule has 1 aromatic carbocycles. The number of nitriles is 3. The third kappa shape index (κ3) is 3.32. The Morgan fingerprint density at radius 3 is 2.26 bits per heavy atom. The van der Waals surface area contributed by atoms with Crippen LogP contribution in [0.4, 0.5) is 5.69 Å². The number of halogens is 1.